The van der Waals surface area contributed by atoms with Crippen LogP contribution < -0.4 is 11.1 Å². The molecule has 2 aromatic rings. The number of carbonyl (C=O) groups excluding carboxylic acids is 1. The molecule has 0 spiro atoms. The van der Waals surface area contributed by atoms with E-state index in [-0.39, 0.29) is 11.8 Å². The molecular formula is C17H23ClN4O. The van der Waals surface area contributed by atoms with Crippen LogP contribution in [0.3, 0.4) is 0 Å². The highest BCUT2D eigenvalue weighted by molar-refractivity contribution is 6.30. The molecule has 3 N–H and O–H groups in total. The molecule has 0 unspecified atom stereocenters. The molecule has 0 aliphatic rings. The fraction of sp³-hybridized carbons (Fsp3) is 0.412. The number of carbonyl (C=O) groups is 1. The maximum absolute atomic E-state index is 12.4. The minimum Gasteiger partial charge on any atom is -0.352 e. The number of nitrogens with one attached hydrogen (secondary N) is 1. The van der Waals surface area contributed by atoms with E-state index in [1.807, 2.05) is 24.3 Å². The molecular weight excluding hydrogens is 312 g/mol. The highest BCUT2D eigenvalue weighted by atomic mass is 35.5. The molecule has 23 heavy (non-hydrogen) atoms. The Bertz CT molecular complexity index is 649. The van der Waals surface area contributed by atoms with Crippen molar-refractivity contribution in [2.24, 2.45) is 5.73 Å². The second-order valence-corrected chi connectivity index (χ2v) is 6.17. The highest BCUT2D eigenvalue weighted by Crippen LogP contribution is 2.23. The van der Waals surface area contributed by atoms with E-state index in [1.165, 1.54) is 0 Å². The molecule has 0 atom stereocenters. The van der Waals surface area contributed by atoms with Gasteiger partial charge in [0.2, 0.25) is 0 Å². The Balaban J connectivity index is 2.24. The van der Waals surface area contributed by atoms with Gasteiger partial charge in [-0.3, -0.25) is 4.79 Å². The van der Waals surface area contributed by atoms with Crippen molar-refractivity contribution < 1.29 is 4.79 Å². The normalized spacial score (nSPS) is 11.0. The van der Waals surface area contributed by atoms with Crippen molar-refractivity contribution in [2.75, 3.05) is 13.1 Å². The second-order valence-electron chi connectivity index (χ2n) is 5.74. The number of aromatic nitrogens is 2. The van der Waals surface area contributed by atoms with Gasteiger partial charge in [-0.05, 0) is 49.6 Å². The molecule has 0 radical (unpaired) electrons. The molecule has 1 heterocycles. The molecule has 0 fully saturated rings. The van der Waals surface area contributed by atoms with Crippen molar-refractivity contribution in [3.05, 3.63) is 46.7 Å². The second kappa shape index (κ2) is 8.13. The number of benzene rings is 1. The molecule has 5 nitrogen and oxygen atoms in total. The zero-order valence-corrected chi connectivity index (χ0v) is 14.3. The van der Waals surface area contributed by atoms with E-state index in [1.54, 1.807) is 10.9 Å². The minimum absolute atomic E-state index is 0.0917. The Hall–Kier alpha value is -1.85. The number of rotatable bonds is 7. The van der Waals surface area contributed by atoms with Gasteiger partial charge in [0, 0.05) is 11.6 Å². The first-order valence-electron chi connectivity index (χ1n) is 7.86. The number of nitrogens with zero attached hydrogens (tertiary/aromatic N) is 2. The predicted molar refractivity (Wildman–Crippen MR) is 93.3 cm³/mol. The summed E-state index contributed by atoms with van der Waals surface area (Å²) < 4.78 is 1.80. The van der Waals surface area contributed by atoms with Gasteiger partial charge in [0.1, 0.15) is 0 Å². The average Bonchev–Trinajstić information content (AvgIpc) is 2.97. The van der Waals surface area contributed by atoms with E-state index in [9.17, 15) is 4.79 Å². The smallest absolute Gasteiger partial charge is 0.254 e. The number of nitrogens with two attached hydrogens (primary N) is 1. The SMILES string of the molecule is CC(C)c1c(C(=O)NCCCCN)cnn1-c1ccc(Cl)cc1. The highest BCUT2D eigenvalue weighted by Gasteiger charge is 2.20. The Labute approximate surface area is 141 Å². The van der Waals surface area contributed by atoms with Crippen LogP contribution in [0.5, 0.6) is 0 Å². The quantitative estimate of drug-likeness (QED) is 0.764. The Morgan fingerprint density at radius 1 is 1.30 bits per heavy atom. The van der Waals surface area contributed by atoms with Crippen molar-refractivity contribution in [1.82, 2.24) is 15.1 Å². The summed E-state index contributed by atoms with van der Waals surface area (Å²) in [4.78, 5) is 12.4. The van der Waals surface area contributed by atoms with Gasteiger partial charge in [-0.1, -0.05) is 25.4 Å². The maximum atomic E-state index is 12.4. The van der Waals surface area contributed by atoms with Gasteiger partial charge in [-0.2, -0.15) is 5.10 Å². The van der Waals surface area contributed by atoms with E-state index in [0.717, 1.165) is 24.2 Å². The van der Waals surface area contributed by atoms with E-state index >= 15 is 0 Å². The summed E-state index contributed by atoms with van der Waals surface area (Å²) in [6, 6.07) is 7.42. The van der Waals surface area contributed by atoms with Gasteiger partial charge in [-0.25, -0.2) is 4.68 Å². The molecule has 1 aromatic carbocycles. The summed E-state index contributed by atoms with van der Waals surface area (Å²) in [6.07, 6.45) is 3.41. The van der Waals surface area contributed by atoms with E-state index in [2.05, 4.69) is 24.3 Å². The standard InChI is InChI=1S/C17H23ClN4O/c1-12(2)16-15(17(23)20-10-4-3-9-19)11-21-22(16)14-7-5-13(18)6-8-14/h5-8,11-12H,3-4,9-10,19H2,1-2H3,(H,20,23). The lowest BCUT2D eigenvalue weighted by Crippen LogP contribution is -2.26. The summed E-state index contributed by atoms with van der Waals surface area (Å²) >= 11 is 5.94. The Kier molecular flexibility index (Phi) is 6.19. The van der Waals surface area contributed by atoms with Crippen LogP contribution in [0.25, 0.3) is 5.69 Å². The number of halogens is 1. The molecule has 0 saturated heterocycles. The molecule has 1 amide bonds. The van der Waals surface area contributed by atoms with Crippen LogP contribution in [0.2, 0.25) is 5.02 Å². The predicted octanol–water partition coefficient (Wildman–Crippen LogP) is 3.12. The van der Waals surface area contributed by atoms with Crippen LogP contribution in [0.4, 0.5) is 0 Å². The van der Waals surface area contributed by atoms with Crippen molar-refractivity contribution in [3.8, 4) is 5.69 Å². The topological polar surface area (TPSA) is 72.9 Å². The monoisotopic (exact) mass is 334 g/mol. The lowest BCUT2D eigenvalue weighted by atomic mass is 10.0. The van der Waals surface area contributed by atoms with Crippen molar-refractivity contribution in [2.45, 2.75) is 32.6 Å². The Morgan fingerprint density at radius 3 is 2.61 bits per heavy atom. The van der Waals surface area contributed by atoms with E-state index in [0.29, 0.717) is 23.7 Å². The van der Waals surface area contributed by atoms with Gasteiger partial charge in [0.25, 0.3) is 5.91 Å². The third-order valence-electron chi connectivity index (χ3n) is 3.59. The molecule has 0 saturated carbocycles. The summed E-state index contributed by atoms with van der Waals surface area (Å²) in [6.45, 7) is 5.37. The summed E-state index contributed by atoms with van der Waals surface area (Å²) in [5.41, 5.74) is 7.86. The lowest BCUT2D eigenvalue weighted by Gasteiger charge is -2.13. The minimum atomic E-state index is -0.0917. The fourth-order valence-electron chi connectivity index (χ4n) is 2.44. The average molecular weight is 335 g/mol. The first kappa shape index (κ1) is 17.5. The first-order chi connectivity index (χ1) is 11.0. The van der Waals surface area contributed by atoms with Crippen LogP contribution >= 0.6 is 11.6 Å². The van der Waals surface area contributed by atoms with Gasteiger partial charge in [0.15, 0.2) is 0 Å². The van der Waals surface area contributed by atoms with E-state index in [4.69, 9.17) is 17.3 Å². The molecule has 0 aliphatic carbocycles. The zero-order valence-electron chi connectivity index (χ0n) is 13.6. The number of hydrogen-bond donors (Lipinski definition) is 2. The van der Waals surface area contributed by atoms with Crippen molar-refractivity contribution >= 4 is 17.5 Å². The lowest BCUT2D eigenvalue weighted by molar-refractivity contribution is 0.0951. The van der Waals surface area contributed by atoms with E-state index < -0.39 is 0 Å². The number of hydrogen-bond acceptors (Lipinski definition) is 3. The number of unbranched alkanes of at least 4 members (excludes halogenated alkanes) is 1. The van der Waals surface area contributed by atoms with Crippen LogP contribution in [0, 0.1) is 0 Å². The van der Waals surface area contributed by atoms with Crippen LogP contribution in [0.1, 0.15) is 48.7 Å². The van der Waals surface area contributed by atoms with Gasteiger partial charge in [0.05, 0.1) is 23.1 Å². The summed E-state index contributed by atoms with van der Waals surface area (Å²) in [5.74, 6) is 0.0731. The third-order valence-corrected chi connectivity index (χ3v) is 3.84. The molecule has 6 heteroatoms. The largest absolute Gasteiger partial charge is 0.352 e. The summed E-state index contributed by atoms with van der Waals surface area (Å²) in [7, 11) is 0. The molecule has 1 aromatic heterocycles. The molecule has 0 bridgehead atoms. The van der Waals surface area contributed by atoms with Crippen molar-refractivity contribution in [3.63, 3.8) is 0 Å². The first-order valence-corrected chi connectivity index (χ1v) is 8.24. The zero-order chi connectivity index (χ0) is 16.8. The van der Waals surface area contributed by atoms with Crippen LogP contribution in [0.15, 0.2) is 30.5 Å². The van der Waals surface area contributed by atoms with Gasteiger partial charge in [-0.15, -0.1) is 0 Å². The maximum Gasteiger partial charge on any atom is 0.254 e. The third kappa shape index (κ3) is 4.33. The van der Waals surface area contributed by atoms with Crippen molar-refractivity contribution in [1.29, 1.82) is 0 Å². The van der Waals surface area contributed by atoms with Crippen LogP contribution in [-0.4, -0.2) is 28.8 Å². The van der Waals surface area contributed by atoms with Gasteiger partial charge < -0.3 is 11.1 Å². The molecule has 0 aliphatic heterocycles. The molecule has 124 valence electrons. The Morgan fingerprint density at radius 2 is 2.00 bits per heavy atom. The number of amides is 1. The molecule has 2 rings (SSSR count). The summed E-state index contributed by atoms with van der Waals surface area (Å²) in [5, 5.41) is 8.00. The fourth-order valence-corrected chi connectivity index (χ4v) is 2.57. The van der Waals surface area contributed by atoms with Gasteiger partial charge >= 0.3 is 0 Å². The van der Waals surface area contributed by atoms with Crippen LogP contribution in [-0.2, 0) is 0 Å².